The van der Waals surface area contributed by atoms with Crippen molar-refractivity contribution in [2.24, 2.45) is 0 Å². The molecule has 4 rings (SSSR count). The van der Waals surface area contributed by atoms with E-state index in [4.69, 9.17) is 4.98 Å². The Morgan fingerprint density at radius 2 is 1.81 bits per heavy atom. The highest BCUT2D eigenvalue weighted by Gasteiger charge is 2.22. The van der Waals surface area contributed by atoms with Gasteiger partial charge in [0.1, 0.15) is 5.01 Å². The van der Waals surface area contributed by atoms with E-state index in [-0.39, 0.29) is 11.9 Å². The number of rotatable bonds is 4. The molecule has 1 atom stereocenters. The number of thiazole rings is 1. The molecule has 0 unspecified atom stereocenters. The average molecular weight is 415 g/mol. The fraction of sp³-hybridized carbons (Fsp3) is 0.333. The zero-order valence-corrected chi connectivity index (χ0v) is 17.9. The summed E-state index contributed by atoms with van der Waals surface area (Å²) >= 11 is 5.66. The van der Waals surface area contributed by atoms with Crippen molar-refractivity contribution < 1.29 is 4.79 Å². The van der Waals surface area contributed by atoms with Gasteiger partial charge in [-0.3, -0.25) is 4.79 Å². The lowest BCUT2D eigenvalue weighted by Gasteiger charge is -2.24. The van der Waals surface area contributed by atoms with Crippen LogP contribution in [0.15, 0.2) is 48.5 Å². The Morgan fingerprint density at radius 1 is 1.11 bits per heavy atom. The number of aromatic nitrogens is 1. The minimum atomic E-state index is -0.0565. The van der Waals surface area contributed by atoms with Gasteiger partial charge in [-0.25, -0.2) is 4.98 Å². The highest BCUT2D eigenvalue weighted by molar-refractivity contribution is 8.16. The third-order valence-electron chi connectivity index (χ3n) is 4.83. The molecular weight excluding hydrogens is 392 g/mol. The van der Waals surface area contributed by atoms with Crippen LogP contribution in [0.5, 0.6) is 0 Å². The van der Waals surface area contributed by atoms with Crippen molar-refractivity contribution >= 4 is 51.0 Å². The standard InChI is InChI=1S/C21H22N2OS3/c1-14(19-22-17-6-3-4-7-18(17)27-19)23(2)20(24)15-8-10-16(11-9-15)21-25-12-5-13-26-21/h3-4,6-11,14,21H,5,12-13H2,1-2H3/t14-/m0/s1. The molecule has 3 nitrogen and oxygen atoms in total. The van der Waals surface area contributed by atoms with Crippen molar-refractivity contribution in [3.63, 3.8) is 0 Å². The van der Waals surface area contributed by atoms with E-state index in [9.17, 15) is 4.79 Å². The zero-order chi connectivity index (χ0) is 18.8. The summed E-state index contributed by atoms with van der Waals surface area (Å²) < 4.78 is 1.66. The van der Waals surface area contributed by atoms with Crippen molar-refractivity contribution in [3.8, 4) is 0 Å². The summed E-state index contributed by atoms with van der Waals surface area (Å²) in [5.41, 5.74) is 3.04. The molecule has 140 valence electrons. The molecule has 1 fully saturated rings. The summed E-state index contributed by atoms with van der Waals surface area (Å²) in [6.07, 6.45) is 1.29. The van der Waals surface area contributed by atoms with Crippen LogP contribution in [0.2, 0.25) is 0 Å². The van der Waals surface area contributed by atoms with Crippen molar-refractivity contribution in [1.29, 1.82) is 0 Å². The van der Waals surface area contributed by atoms with Crippen molar-refractivity contribution in [2.75, 3.05) is 18.6 Å². The van der Waals surface area contributed by atoms with Crippen LogP contribution in [0.1, 0.15) is 44.9 Å². The fourth-order valence-corrected chi connectivity index (χ4v) is 7.03. The van der Waals surface area contributed by atoms with Gasteiger partial charge in [0, 0.05) is 12.6 Å². The number of benzene rings is 2. The van der Waals surface area contributed by atoms with Gasteiger partial charge < -0.3 is 4.90 Å². The third-order valence-corrected chi connectivity index (χ3v) is 9.05. The number of hydrogen-bond donors (Lipinski definition) is 0. The SMILES string of the molecule is C[C@@H](c1nc2ccccc2s1)N(C)C(=O)c1ccc(C2SCCCS2)cc1. The van der Waals surface area contributed by atoms with Crippen molar-refractivity contribution in [3.05, 3.63) is 64.7 Å². The van der Waals surface area contributed by atoms with Crippen LogP contribution in [0.25, 0.3) is 10.2 Å². The second-order valence-electron chi connectivity index (χ2n) is 6.66. The minimum absolute atomic E-state index is 0.0391. The summed E-state index contributed by atoms with van der Waals surface area (Å²) in [5.74, 6) is 2.49. The summed E-state index contributed by atoms with van der Waals surface area (Å²) in [6.45, 7) is 2.04. The normalized spacial score (nSPS) is 16.4. The molecule has 1 aliphatic heterocycles. The Morgan fingerprint density at radius 3 is 2.52 bits per heavy atom. The van der Waals surface area contributed by atoms with E-state index < -0.39 is 0 Å². The molecule has 0 aliphatic carbocycles. The van der Waals surface area contributed by atoms with Gasteiger partial charge in [0.2, 0.25) is 0 Å². The number of amides is 1. The van der Waals surface area contributed by atoms with Crippen LogP contribution in [0.3, 0.4) is 0 Å². The van der Waals surface area contributed by atoms with E-state index in [1.165, 1.54) is 23.5 Å². The van der Waals surface area contributed by atoms with Gasteiger partial charge in [-0.2, -0.15) is 0 Å². The zero-order valence-electron chi connectivity index (χ0n) is 15.4. The van der Waals surface area contributed by atoms with E-state index in [0.29, 0.717) is 4.58 Å². The van der Waals surface area contributed by atoms with Gasteiger partial charge in [-0.05, 0) is 54.7 Å². The summed E-state index contributed by atoms with van der Waals surface area (Å²) in [4.78, 5) is 19.4. The number of carbonyl (C=O) groups is 1. The maximum atomic E-state index is 13.0. The molecular formula is C21H22N2OS3. The number of fused-ring (bicyclic) bond motifs is 1. The first-order chi connectivity index (χ1) is 13.1. The van der Waals surface area contributed by atoms with E-state index in [1.807, 2.05) is 67.8 Å². The largest absolute Gasteiger partial charge is 0.333 e. The lowest BCUT2D eigenvalue weighted by atomic mass is 10.1. The van der Waals surface area contributed by atoms with E-state index in [1.54, 1.807) is 16.2 Å². The lowest BCUT2D eigenvalue weighted by molar-refractivity contribution is 0.0742. The van der Waals surface area contributed by atoms with Crippen LogP contribution >= 0.6 is 34.9 Å². The maximum absolute atomic E-state index is 13.0. The quantitative estimate of drug-likeness (QED) is 0.524. The van der Waals surface area contributed by atoms with E-state index >= 15 is 0 Å². The van der Waals surface area contributed by atoms with E-state index in [2.05, 4.69) is 18.2 Å². The molecule has 0 spiro atoms. The minimum Gasteiger partial charge on any atom is -0.333 e. The molecule has 3 aromatic rings. The molecule has 0 bridgehead atoms. The number of thioether (sulfide) groups is 2. The topological polar surface area (TPSA) is 33.2 Å². The summed E-state index contributed by atoms with van der Waals surface area (Å²) in [6, 6.07) is 16.2. The van der Waals surface area contributed by atoms with E-state index in [0.717, 1.165) is 20.8 Å². The number of carbonyl (C=O) groups excluding carboxylic acids is 1. The Labute approximate surface area is 172 Å². The predicted octanol–water partition coefficient (Wildman–Crippen LogP) is 6.00. The molecule has 2 heterocycles. The Balaban J connectivity index is 1.49. The summed E-state index contributed by atoms with van der Waals surface area (Å²) in [5, 5.41) is 0.971. The highest BCUT2D eigenvalue weighted by Crippen LogP contribution is 2.43. The molecule has 1 aromatic heterocycles. The first-order valence-electron chi connectivity index (χ1n) is 9.09. The van der Waals surface area contributed by atoms with Crippen LogP contribution in [0.4, 0.5) is 0 Å². The second kappa shape index (κ2) is 8.25. The molecule has 0 radical (unpaired) electrons. The molecule has 0 N–H and O–H groups in total. The third kappa shape index (κ3) is 4.03. The van der Waals surface area contributed by atoms with Crippen LogP contribution in [-0.2, 0) is 0 Å². The number of hydrogen-bond acceptors (Lipinski definition) is 5. The van der Waals surface area contributed by atoms with Gasteiger partial charge in [-0.1, -0.05) is 24.3 Å². The van der Waals surface area contributed by atoms with Gasteiger partial charge in [0.15, 0.2) is 0 Å². The molecule has 1 saturated heterocycles. The lowest BCUT2D eigenvalue weighted by Crippen LogP contribution is -2.29. The van der Waals surface area contributed by atoms with Gasteiger partial charge >= 0.3 is 0 Å². The molecule has 2 aromatic carbocycles. The number of para-hydroxylation sites is 1. The first kappa shape index (κ1) is 18.8. The second-order valence-corrected chi connectivity index (χ2v) is 10.4. The predicted molar refractivity (Wildman–Crippen MR) is 119 cm³/mol. The smallest absolute Gasteiger partial charge is 0.254 e. The average Bonchev–Trinajstić information content (AvgIpc) is 3.17. The molecule has 6 heteroatoms. The maximum Gasteiger partial charge on any atom is 0.254 e. The number of nitrogens with zero attached hydrogens (tertiary/aromatic N) is 2. The summed E-state index contributed by atoms with van der Waals surface area (Å²) in [7, 11) is 1.86. The Bertz CT molecular complexity index is 899. The Hall–Kier alpha value is -1.50. The molecule has 1 amide bonds. The van der Waals surface area contributed by atoms with Crippen LogP contribution in [-0.4, -0.2) is 34.3 Å². The van der Waals surface area contributed by atoms with Crippen LogP contribution in [0, 0.1) is 0 Å². The Kier molecular flexibility index (Phi) is 5.76. The van der Waals surface area contributed by atoms with Crippen molar-refractivity contribution in [2.45, 2.75) is 24.0 Å². The van der Waals surface area contributed by atoms with Crippen LogP contribution < -0.4 is 0 Å². The molecule has 1 aliphatic rings. The monoisotopic (exact) mass is 414 g/mol. The van der Waals surface area contributed by atoms with Crippen molar-refractivity contribution in [1.82, 2.24) is 9.88 Å². The van der Waals surface area contributed by atoms with Gasteiger partial charge in [-0.15, -0.1) is 34.9 Å². The first-order valence-corrected chi connectivity index (χ1v) is 12.0. The molecule has 27 heavy (non-hydrogen) atoms. The highest BCUT2D eigenvalue weighted by atomic mass is 32.2. The fourth-order valence-electron chi connectivity index (χ4n) is 3.08. The van der Waals surface area contributed by atoms with Gasteiger partial charge in [0.05, 0.1) is 20.8 Å². The molecule has 0 saturated carbocycles. The van der Waals surface area contributed by atoms with Gasteiger partial charge in [0.25, 0.3) is 5.91 Å².